The molecule has 4 aromatic carbocycles. The Morgan fingerprint density at radius 2 is 1.23 bits per heavy atom. The Balaban J connectivity index is 1.42. The molecule has 0 radical (unpaired) electrons. The first-order chi connectivity index (χ1) is 19.3. The van der Waals surface area contributed by atoms with Crippen molar-refractivity contribution < 1.29 is 31.8 Å². The lowest BCUT2D eigenvalue weighted by molar-refractivity contribution is 0.0728. The first-order valence-corrected chi connectivity index (χ1v) is 13.3. The summed E-state index contributed by atoms with van der Waals surface area (Å²) >= 11 is 0. The Labute approximate surface area is 231 Å². The number of hydrogen-bond donors (Lipinski definition) is 0. The topological polar surface area (TPSA) is 35.5 Å². The highest BCUT2D eigenvalue weighted by Crippen LogP contribution is 2.32. The molecule has 0 unspecified atom stereocenters. The van der Waals surface area contributed by atoms with E-state index in [1.807, 2.05) is 19.1 Å². The average Bonchev–Trinajstić information content (AvgIpc) is 2.95. The molecule has 0 aromatic heterocycles. The minimum atomic E-state index is -1.36. The quantitative estimate of drug-likeness (QED) is 0.0808. The van der Waals surface area contributed by atoms with Crippen LogP contribution in [0.15, 0.2) is 72.8 Å². The molecule has 0 atom stereocenters. The SMILES string of the molecule is CCCCCCCOc1ccc(C(=O)Oc2ccc(-c3ccc(-c4ccc(C)cc4)c(F)c3F)cc2)c(F)c1F. The van der Waals surface area contributed by atoms with E-state index in [-0.39, 0.29) is 29.2 Å². The van der Waals surface area contributed by atoms with Gasteiger partial charge in [-0.25, -0.2) is 18.0 Å². The van der Waals surface area contributed by atoms with E-state index in [1.54, 1.807) is 12.1 Å². The van der Waals surface area contributed by atoms with E-state index in [1.165, 1.54) is 42.5 Å². The molecule has 0 spiro atoms. The van der Waals surface area contributed by atoms with E-state index in [0.717, 1.165) is 37.3 Å². The molecule has 4 rings (SSSR count). The molecule has 0 aliphatic carbocycles. The highest BCUT2D eigenvalue weighted by Gasteiger charge is 2.22. The minimum Gasteiger partial charge on any atom is -0.490 e. The summed E-state index contributed by atoms with van der Waals surface area (Å²) in [5.41, 5.74) is 1.49. The van der Waals surface area contributed by atoms with Gasteiger partial charge in [0, 0.05) is 11.1 Å². The van der Waals surface area contributed by atoms with Crippen molar-refractivity contribution in [1.82, 2.24) is 0 Å². The van der Waals surface area contributed by atoms with Crippen LogP contribution in [0.5, 0.6) is 11.5 Å². The zero-order valence-electron chi connectivity index (χ0n) is 22.4. The standard InChI is InChI=1S/C33H30F4O3/c1-3-4-5-6-7-20-39-28-19-18-27(31(36)32(28)37)33(38)40-24-14-12-23(13-15-24)26-17-16-25(29(34)30(26)35)22-10-8-21(2)9-11-22/h8-19H,3-7,20H2,1-2H3. The van der Waals surface area contributed by atoms with Gasteiger partial charge < -0.3 is 9.47 Å². The summed E-state index contributed by atoms with van der Waals surface area (Å²) in [6, 6.07) is 18.0. The van der Waals surface area contributed by atoms with Crippen LogP contribution in [0.1, 0.15) is 54.9 Å². The lowest BCUT2D eigenvalue weighted by atomic mass is 9.98. The maximum atomic E-state index is 15.0. The largest absolute Gasteiger partial charge is 0.490 e. The molecule has 0 N–H and O–H groups in total. The minimum absolute atomic E-state index is 0.0260. The Kier molecular flexibility index (Phi) is 9.59. The van der Waals surface area contributed by atoms with Crippen molar-refractivity contribution in [2.45, 2.75) is 46.0 Å². The molecule has 40 heavy (non-hydrogen) atoms. The summed E-state index contributed by atoms with van der Waals surface area (Å²) in [5, 5.41) is 0. The Morgan fingerprint density at radius 3 is 1.82 bits per heavy atom. The van der Waals surface area contributed by atoms with Crippen molar-refractivity contribution in [1.29, 1.82) is 0 Å². The van der Waals surface area contributed by atoms with Crippen molar-refractivity contribution in [3.05, 3.63) is 107 Å². The molecule has 0 bridgehead atoms. The van der Waals surface area contributed by atoms with Gasteiger partial charge in [-0.05, 0) is 48.7 Å². The first kappa shape index (κ1) is 28.9. The van der Waals surface area contributed by atoms with Gasteiger partial charge in [-0.3, -0.25) is 0 Å². The summed E-state index contributed by atoms with van der Waals surface area (Å²) in [4.78, 5) is 12.5. The van der Waals surface area contributed by atoms with Gasteiger partial charge in [-0.15, -0.1) is 0 Å². The van der Waals surface area contributed by atoms with Gasteiger partial charge in [0.05, 0.1) is 12.2 Å². The van der Waals surface area contributed by atoms with Crippen LogP contribution in [0, 0.1) is 30.2 Å². The van der Waals surface area contributed by atoms with Gasteiger partial charge in [0.1, 0.15) is 5.75 Å². The van der Waals surface area contributed by atoms with Crippen LogP contribution in [0.3, 0.4) is 0 Å². The number of halogens is 4. The summed E-state index contributed by atoms with van der Waals surface area (Å²) in [6.45, 7) is 4.25. The molecule has 0 heterocycles. The summed E-state index contributed by atoms with van der Waals surface area (Å²) in [6.07, 6.45) is 4.91. The lowest BCUT2D eigenvalue weighted by Gasteiger charge is -2.11. The average molecular weight is 551 g/mol. The fourth-order valence-corrected chi connectivity index (χ4v) is 4.28. The fourth-order valence-electron chi connectivity index (χ4n) is 4.28. The Hall–Kier alpha value is -4.13. The number of benzene rings is 4. The van der Waals surface area contributed by atoms with Crippen LogP contribution in [0.2, 0.25) is 0 Å². The van der Waals surface area contributed by atoms with Gasteiger partial charge in [-0.2, -0.15) is 4.39 Å². The Morgan fingerprint density at radius 1 is 0.650 bits per heavy atom. The van der Waals surface area contributed by atoms with Gasteiger partial charge in [0.25, 0.3) is 0 Å². The molecular weight excluding hydrogens is 520 g/mol. The molecule has 3 nitrogen and oxygen atoms in total. The maximum Gasteiger partial charge on any atom is 0.346 e. The number of aryl methyl sites for hydroxylation is 1. The molecule has 0 saturated carbocycles. The molecule has 0 saturated heterocycles. The van der Waals surface area contributed by atoms with E-state index < -0.39 is 34.8 Å². The summed E-state index contributed by atoms with van der Waals surface area (Å²) < 4.78 is 69.5. The van der Waals surface area contributed by atoms with Crippen LogP contribution in [0.25, 0.3) is 22.3 Å². The molecule has 0 amide bonds. The molecule has 7 heteroatoms. The van der Waals surface area contributed by atoms with Crippen LogP contribution in [0.4, 0.5) is 17.6 Å². The number of hydrogen-bond acceptors (Lipinski definition) is 3. The summed E-state index contributed by atoms with van der Waals surface area (Å²) in [7, 11) is 0. The number of esters is 1. The zero-order chi connectivity index (χ0) is 28.6. The second-order valence-corrected chi connectivity index (χ2v) is 9.57. The highest BCUT2D eigenvalue weighted by atomic mass is 19.2. The van der Waals surface area contributed by atoms with Crippen molar-refractivity contribution in [3.8, 4) is 33.8 Å². The van der Waals surface area contributed by atoms with Crippen molar-refractivity contribution in [2.24, 2.45) is 0 Å². The third-order valence-electron chi connectivity index (χ3n) is 6.59. The van der Waals surface area contributed by atoms with Crippen LogP contribution in [-0.4, -0.2) is 12.6 Å². The van der Waals surface area contributed by atoms with E-state index in [2.05, 4.69) is 6.92 Å². The zero-order valence-corrected chi connectivity index (χ0v) is 22.4. The lowest BCUT2D eigenvalue weighted by Crippen LogP contribution is -2.12. The fraction of sp³-hybridized carbons (Fsp3) is 0.242. The van der Waals surface area contributed by atoms with Crippen LogP contribution < -0.4 is 9.47 Å². The van der Waals surface area contributed by atoms with Gasteiger partial charge in [-0.1, -0.05) is 86.7 Å². The molecule has 0 aliphatic heterocycles. The van der Waals surface area contributed by atoms with Crippen molar-refractivity contribution in [2.75, 3.05) is 6.61 Å². The van der Waals surface area contributed by atoms with Gasteiger partial charge in [0.15, 0.2) is 23.2 Å². The van der Waals surface area contributed by atoms with E-state index in [0.29, 0.717) is 17.5 Å². The van der Waals surface area contributed by atoms with E-state index in [4.69, 9.17) is 9.47 Å². The highest BCUT2D eigenvalue weighted by molar-refractivity contribution is 5.91. The van der Waals surface area contributed by atoms with Crippen LogP contribution >= 0.6 is 0 Å². The first-order valence-electron chi connectivity index (χ1n) is 13.3. The van der Waals surface area contributed by atoms with Crippen molar-refractivity contribution in [3.63, 3.8) is 0 Å². The van der Waals surface area contributed by atoms with E-state index in [9.17, 15) is 22.4 Å². The van der Waals surface area contributed by atoms with Crippen LogP contribution in [-0.2, 0) is 0 Å². The molecule has 208 valence electrons. The predicted octanol–water partition coefficient (Wildman–Crippen LogP) is 9.45. The number of carbonyl (C=O) groups is 1. The maximum absolute atomic E-state index is 15.0. The number of unbranched alkanes of at least 4 members (excludes halogenated alkanes) is 4. The van der Waals surface area contributed by atoms with E-state index >= 15 is 0 Å². The molecule has 0 aliphatic rings. The third kappa shape index (κ3) is 6.71. The Bertz CT molecular complexity index is 1470. The van der Waals surface area contributed by atoms with Gasteiger partial charge >= 0.3 is 5.97 Å². The normalized spacial score (nSPS) is 10.9. The number of carbonyl (C=O) groups excluding carboxylic acids is 1. The van der Waals surface area contributed by atoms with Gasteiger partial charge in [0.2, 0.25) is 5.82 Å². The second-order valence-electron chi connectivity index (χ2n) is 9.57. The van der Waals surface area contributed by atoms with Crippen molar-refractivity contribution >= 4 is 5.97 Å². The second kappa shape index (κ2) is 13.3. The predicted molar refractivity (Wildman–Crippen MR) is 148 cm³/mol. The summed E-state index contributed by atoms with van der Waals surface area (Å²) in [5.74, 6) is -5.95. The monoisotopic (exact) mass is 550 g/mol. The number of ether oxygens (including phenoxy) is 2. The molecular formula is C33H30F4O3. The molecule has 4 aromatic rings. The molecule has 0 fully saturated rings. The third-order valence-corrected chi connectivity index (χ3v) is 6.59. The number of rotatable bonds is 11. The smallest absolute Gasteiger partial charge is 0.346 e.